The Hall–Kier alpha value is -1.37. The minimum atomic E-state index is -4.58. The normalized spacial score (nSPS) is 18.5. The molecule has 1 saturated heterocycles. The molecule has 2 nitrogen and oxygen atoms in total. The fraction of sp³-hybridized carbons (Fsp3) is 0.462. The van der Waals surface area contributed by atoms with Crippen LogP contribution in [0, 0.1) is 0 Å². The average molecular weight is 322 g/mol. The molecule has 114 valence electrons. The van der Waals surface area contributed by atoms with E-state index in [1.807, 2.05) is 5.16 Å². The molecule has 21 heavy (non-hydrogen) atoms. The lowest BCUT2D eigenvalue weighted by Crippen LogP contribution is -2.26. The van der Waals surface area contributed by atoms with Gasteiger partial charge in [-0.25, -0.2) is 8.78 Å². The number of hydrogen-bond acceptors (Lipinski definition) is 3. The highest BCUT2D eigenvalue weighted by Gasteiger charge is 2.39. The molecule has 0 aliphatic carbocycles. The highest BCUT2D eigenvalue weighted by atomic mass is 32.1. The lowest BCUT2D eigenvalue weighted by atomic mass is 10.1. The first kappa shape index (κ1) is 16.0. The van der Waals surface area contributed by atoms with Gasteiger partial charge in [-0.15, -0.1) is 0 Å². The molecule has 0 bridgehead atoms. The molecule has 1 aromatic carbocycles. The maximum absolute atomic E-state index is 13.1. The van der Waals surface area contributed by atoms with E-state index in [1.54, 1.807) is 0 Å². The van der Waals surface area contributed by atoms with Crippen LogP contribution in [-0.2, 0) is 12.7 Å². The van der Waals surface area contributed by atoms with Gasteiger partial charge in [0.2, 0.25) is 0 Å². The molecule has 2 rings (SSSR count). The van der Waals surface area contributed by atoms with E-state index < -0.39 is 24.2 Å². The molecule has 0 saturated carbocycles. The highest BCUT2D eigenvalue weighted by Crippen LogP contribution is 2.36. The van der Waals surface area contributed by atoms with Gasteiger partial charge in [-0.3, -0.25) is 4.90 Å². The van der Waals surface area contributed by atoms with E-state index in [0.29, 0.717) is 0 Å². The molecule has 0 atom stereocenters. The van der Waals surface area contributed by atoms with Gasteiger partial charge >= 0.3 is 6.18 Å². The molecule has 1 aliphatic heterocycles. The number of likely N-dealkylation sites (tertiary alicyclic amines) is 1. The summed E-state index contributed by atoms with van der Waals surface area (Å²) in [7, 11) is 0. The zero-order valence-electron chi connectivity index (χ0n) is 10.8. The molecular formula is C13H11F5N2S. The molecule has 0 amide bonds. The minimum Gasteiger partial charge on any atom is -0.293 e. The van der Waals surface area contributed by atoms with Crippen LogP contribution >= 0.6 is 12.2 Å². The standard InChI is InChI=1S/C13H11F5N2S/c14-12(15)3-4-20(7-12)6-9-1-2-10(19-8-21)5-11(9)13(16,17)18/h1-2,5H,3-4,6-7H2. The fourth-order valence-corrected chi connectivity index (χ4v) is 2.38. The van der Waals surface area contributed by atoms with Crippen molar-refractivity contribution in [1.82, 2.24) is 4.90 Å². The van der Waals surface area contributed by atoms with Crippen LogP contribution < -0.4 is 0 Å². The van der Waals surface area contributed by atoms with Crippen molar-refractivity contribution in [3.8, 4) is 0 Å². The highest BCUT2D eigenvalue weighted by molar-refractivity contribution is 7.78. The summed E-state index contributed by atoms with van der Waals surface area (Å²) in [6.45, 7) is -0.625. The minimum absolute atomic E-state index is 0.0350. The molecule has 1 aromatic rings. The molecule has 0 unspecified atom stereocenters. The van der Waals surface area contributed by atoms with Gasteiger partial charge in [-0.1, -0.05) is 6.07 Å². The summed E-state index contributed by atoms with van der Waals surface area (Å²) in [6, 6.07) is 3.45. The van der Waals surface area contributed by atoms with Crippen LogP contribution in [0.4, 0.5) is 27.6 Å². The second-order valence-electron chi connectivity index (χ2n) is 4.86. The van der Waals surface area contributed by atoms with E-state index in [4.69, 9.17) is 0 Å². The van der Waals surface area contributed by atoms with Crippen molar-refractivity contribution in [3.63, 3.8) is 0 Å². The van der Waals surface area contributed by atoms with Crippen molar-refractivity contribution in [3.05, 3.63) is 29.3 Å². The summed E-state index contributed by atoms with van der Waals surface area (Å²) in [4.78, 5) is 4.82. The molecule has 1 aliphatic rings. The van der Waals surface area contributed by atoms with Crippen LogP contribution in [0.1, 0.15) is 17.5 Å². The van der Waals surface area contributed by atoms with E-state index in [0.717, 1.165) is 6.07 Å². The maximum atomic E-state index is 13.1. The number of thiocarbonyl (C=S) groups is 1. The van der Waals surface area contributed by atoms with Crippen LogP contribution in [0.3, 0.4) is 0 Å². The van der Waals surface area contributed by atoms with Gasteiger partial charge in [0.05, 0.1) is 23.0 Å². The van der Waals surface area contributed by atoms with E-state index in [2.05, 4.69) is 17.2 Å². The van der Waals surface area contributed by atoms with Gasteiger partial charge in [-0.05, 0) is 29.9 Å². The number of benzene rings is 1. The van der Waals surface area contributed by atoms with Gasteiger partial charge < -0.3 is 0 Å². The molecule has 0 radical (unpaired) electrons. The number of aliphatic imine (C=N–C) groups is 1. The topological polar surface area (TPSA) is 15.6 Å². The molecule has 1 heterocycles. The second-order valence-corrected chi connectivity index (χ2v) is 5.04. The van der Waals surface area contributed by atoms with Crippen LogP contribution in [-0.4, -0.2) is 29.1 Å². The zero-order chi connectivity index (χ0) is 15.7. The van der Waals surface area contributed by atoms with Crippen molar-refractivity contribution >= 4 is 23.1 Å². The third-order valence-electron chi connectivity index (χ3n) is 3.22. The van der Waals surface area contributed by atoms with Gasteiger partial charge in [0, 0.05) is 19.5 Å². The molecule has 0 aromatic heterocycles. The summed E-state index contributed by atoms with van der Waals surface area (Å²) >= 11 is 4.36. The number of alkyl halides is 5. The second kappa shape index (κ2) is 5.79. The summed E-state index contributed by atoms with van der Waals surface area (Å²) in [5.41, 5.74) is -0.902. The SMILES string of the molecule is FC1(F)CCN(Cc2ccc(N=C=S)cc2C(F)(F)F)C1. The molecule has 0 N–H and O–H groups in total. The average Bonchev–Trinajstić information content (AvgIpc) is 2.70. The van der Waals surface area contributed by atoms with Gasteiger partial charge in [-0.2, -0.15) is 18.2 Å². The smallest absolute Gasteiger partial charge is 0.293 e. The predicted molar refractivity (Wildman–Crippen MR) is 71.0 cm³/mol. The number of halogens is 5. The Bertz CT molecular complexity index is 578. The Labute approximate surface area is 123 Å². The largest absolute Gasteiger partial charge is 0.416 e. The van der Waals surface area contributed by atoms with Crippen molar-refractivity contribution in [2.75, 3.05) is 13.1 Å². The third kappa shape index (κ3) is 4.06. The Balaban J connectivity index is 2.28. The van der Waals surface area contributed by atoms with Gasteiger partial charge in [0.25, 0.3) is 5.92 Å². The van der Waals surface area contributed by atoms with Crippen molar-refractivity contribution in [2.45, 2.75) is 25.1 Å². The Morgan fingerprint density at radius 2 is 2.05 bits per heavy atom. The first-order valence-electron chi connectivity index (χ1n) is 6.09. The van der Waals surface area contributed by atoms with Crippen LogP contribution in [0.15, 0.2) is 23.2 Å². The Morgan fingerprint density at radius 3 is 2.57 bits per heavy atom. The summed E-state index contributed by atoms with van der Waals surface area (Å²) in [5, 5.41) is 2.00. The number of isothiocyanates is 1. The summed E-state index contributed by atoms with van der Waals surface area (Å²) < 4.78 is 65.3. The lowest BCUT2D eigenvalue weighted by molar-refractivity contribution is -0.138. The summed E-state index contributed by atoms with van der Waals surface area (Å²) in [6.07, 6.45) is -4.91. The van der Waals surface area contributed by atoms with Crippen LogP contribution in [0.25, 0.3) is 0 Å². The monoisotopic (exact) mass is 322 g/mol. The maximum Gasteiger partial charge on any atom is 0.416 e. The van der Waals surface area contributed by atoms with Gasteiger partial charge in [0.15, 0.2) is 0 Å². The first-order chi connectivity index (χ1) is 9.71. The lowest BCUT2D eigenvalue weighted by Gasteiger charge is -2.19. The van der Waals surface area contributed by atoms with E-state index in [9.17, 15) is 22.0 Å². The Morgan fingerprint density at radius 1 is 1.33 bits per heavy atom. The van der Waals surface area contributed by atoms with E-state index in [1.165, 1.54) is 17.0 Å². The number of rotatable bonds is 3. The molecule has 0 spiro atoms. The Kier molecular flexibility index (Phi) is 4.41. The zero-order valence-corrected chi connectivity index (χ0v) is 11.6. The molecule has 1 fully saturated rings. The van der Waals surface area contributed by atoms with E-state index >= 15 is 0 Å². The van der Waals surface area contributed by atoms with Crippen molar-refractivity contribution in [1.29, 1.82) is 0 Å². The summed E-state index contributed by atoms with van der Waals surface area (Å²) in [5.74, 6) is -2.83. The molecular weight excluding hydrogens is 311 g/mol. The van der Waals surface area contributed by atoms with Crippen molar-refractivity contribution in [2.24, 2.45) is 4.99 Å². The van der Waals surface area contributed by atoms with E-state index in [-0.39, 0.29) is 30.8 Å². The van der Waals surface area contributed by atoms with Crippen LogP contribution in [0.5, 0.6) is 0 Å². The first-order valence-corrected chi connectivity index (χ1v) is 6.50. The molecule has 8 heteroatoms. The third-order valence-corrected chi connectivity index (χ3v) is 3.31. The van der Waals surface area contributed by atoms with Gasteiger partial charge in [0.1, 0.15) is 0 Å². The number of nitrogens with zero attached hydrogens (tertiary/aromatic N) is 2. The van der Waals surface area contributed by atoms with Crippen molar-refractivity contribution < 1.29 is 22.0 Å². The van der Waals surface area contributed by atoms with Crippen LogP contribution in [0.2, 0.25) is 0 Å². The number of hydrogen-bond donors (Lipinski definition) is 0. The predicted octanol–water partition coefficient (Wildman–Crippen LogP) is 4.28. The quantitative estimate of drug-likeness (QED) is 0.469. The fourth-order valence-electron chi connectivity index (χ4n) is 2.27.